The molecule has 0 radical (unpaired) electrons. The van der Waals surface area contributed by atoms with Crippen LogP contribution in [0.5, 0.6) is 0 Å². The molecule has 0 aliphatic rings. The van der Waals surface area contributed by atoms with Crippen molar-refractivity contribution in [1.82, 2.24) is 0 Å². The van der Waals surface area contributed by atoms with Crippen LogP contribution in [-0.4, -0.2) is 12.6 Å². The van der Waals surface area contributed by atoms with Gasteiger partial charge >= 0.3 is 5.97 Å². The number of ether oxygens (including phenoxy) is 1. The Bertz CT molecular complexity index is 380. The summed E-state index contributed by atoms with van der Waals surface area (Å²) in [4.78, 5) is 11.7. The second-order valence-corrected chi connectivity index (χ2v) is 4.79. The molecule has 17 heavy (non-hydrogen) atoms. The lowest BCUT2D eigenvalue weighted by Gasteiger charge is -2.05. The standard InChI is InChI=1S/C13H18BrNO2/c1-2-3-4-5-8-17-13(16)10-6-7-12(15)11(14)9-10/h6-7,9H,2-5,8,15H2,1H3. The third-order valence-corrected chi connectivity index (χ3v) is 3.15. The number of unbranched alkanes of at least 4 members (excludes halogenated alkanes) is 3. The number of benzene rings is 1. The van der Waals surface area contributed by atoms with Crippen LogP contribution < -0.4 is 5.73 Å². The average Bonchev–Trinajstić information content (AvgIpc) is 2.32. The Morgan fingerprint density at radius 2 is 2.12 bits per heavy atom. The second-order valence-electron chi connectivity index (χ2n) is 3.93. The fourth-order valence-electron chi connectivity index (χ4n) is 1.43. The highest BCUT2D eigenvalue weighted by molar-refractivity contribution is 9.10. The monoisotopic (exact) mass is 299 g/mol. The van der Waals surface area contributed by atoms with E-state index in [1.807, 2.05) is 0 Å². The first kappa shape index (κ1) is 14.0. The summed E-state index contributed by atoms with van der Waals surface area (Å²) in [6.07, 6.45) is 4.40. The third kappa shape index (κ3) is 4.77. The van der Waals surface area contributed by atoms with E-state index in [-0.39, 0.29) is 5.97 Å². The SMILES string of the molecule is CCCCCCOC(=O)c1ccc(N)c(Br)c1. The van der Waals surface area contributed by atoms with Gasteiger partial charge < -0.3 is 10.5 Å². The number of carbonyl (C=O) groups is 1. The zero-order valence-electron chi connectivity index (χ0n) is 10.0. The van der Waals surface area contributed by atoms with E-state index in [0.29, 0.717) is 17.9 Å². The molecular formula is C13H18BrNO2. The number of rotatable bonds is 6. The maximum absolute atomic E-state index is 11.7. The summed E-state index contributed by atoms with van der Waals surface area (Å²) >= 11 is 3.28. The van der Waals surface area contributed by atoms with E-state index in [1.165, 1.54) is 12.8 Å². The first-order chi connectivity index (χ1) is 8.15. The summed E-state index contributed by atoms with van der Waals surface area (Å²) in [6, 6.07) is 5.05. The van der Waals surface area contributed by atoms with E-state index in [0.717, 1.165) is 17.3 Å². The lowest BCUT2D eigenvalue weighted by molar-refractivity contribution is 0.0498. The van der Waals surface area contributed by atoms with E-state index in [1.54, 1.807) is 18.2 Å². The minimum Gasteiger partial charge on any atom is -0.462 e. The van der Waals surface area contributed by atoms with Crippen LogP contribution >= 0.6 is 15.9 Å². The number of nitrogen functional groups attached to an aromatic ring is 1. The Morgan fingerprint density at radius 3 is 2.76 bits per heavy atom. The van der Waals surface area contributed by atoms with E-state index in [4.69, 9.17) is 10.5 Å². The van der Waals surface area contributed by atoms with Crippen LogP contribution in [0.15, 0.2) is 22.7 Å². The predicted molar refractivity (Wildman–Crippen MR) is 73.0 cm³/mol. The van der Waals surface area contributed by atoms with E-state index in [2.05, 4.69) is 22.9 Å². The molecule has 0 aliphatic heterocycles. The van der Waals surface area contributed by atoms with Crippen LogP contribution in [0, 0.1) is 0 Å². The van der Waals surface area contributed by atoms with Gasteiger partial charge in [-0.25, -0.2) is 4.79 Å². The normalized spacial score (nSPS) is 10.2. The smallest absolute Gasteiger partial charge is 0.338 e. The van der Waals surface area contributed by atoms with Crippen molar-refractivity contribution in [2.24, 2.45) is 0 Å². The summed E-state index contributed by atoms with van der Waals surface area (Å²) in [5, 5.41) is 0. The minimum atomic E-state index is -0.290. The molecule has 0 spiro atoms. The van der Waals surface area contributed by atoms with Crippen LogP contribution in [-0.2, 0) is 4.74 Å². The van der Waals surface area contributed by atoms with Gasteiger partial charge in [0.1, 0.15) is 0 Å². The van der Waals surface area contributed by atoms with Crippen molar-refractivity contribution >= 4 is 27.6 Å². The summed E-state index contributed by atoms with van der Waals surface area (Å²) < 4.78 is 5.89. The lowest BCUT2D eigenvalue weighted by atomic mass is 10.2. The molecule has 0 bridgehead atoms. The molecular weight excluding hydrogens is 282 g/mol. The number of halogens is 1. The number of nitrogens with two attached hydrogens (primary N) is 1. The maximum Gasteiger partial charge on any atom is 0.338 e. The number of hydrogen-bond donors (Lipinski definition) is 1. The highest BCUT2D eigenvalue weighted by Gasteiger charge is 2.08. The first-order valence-electron chi connectivity index (χ1n) is 5.87. The van der Waals surface area contributed by atoms with Crippen molar-refractivity contribution < 1.29 is 9.53 Å². The van der Waals surface area contributed by atoms with Crippen molar-refractivity contribution in [3.63, 3.8) is 0 Å². The Labute approximate surface area is 110 Å². The molecule has 0 saturated heterocycles. The number of carbonyl (C=O) groups excluding carboxylic acids is 1. The Hall–Kier alpha value is -1.03. The van der Waals surface area contributed by atoms with Crippen molar-refractivity contribution in [3.8, 4) is 0 Å². The number of esters is 1. The summed E-state index contributed by atoms with van der Waals surface area (Å²) in [5.74, 6) is -0.290. The third-order valence-electron chi connectivity index (χ3n) is 2.47. The van der Waals surface area contributed by atoms with Gasteiger partial charge in [0, 0.05) is 10.2 Å². The molecule has 2 N–H and O–H groups in total. The van der Waals surface area contributed by atoms with Gasteiger partial charge in [-0.15, -0.1) is 0 Å². The fraction of sp³-hybridized carbons (Fsp3) is 0.462. The topological polar surface area (TPSA) is 52.3 Å². The molecule has 0 aliphatic carbocycles. The van der Waals surface area contributed by atoms with Crippen LogP contribution in [0.2, 0.25) is 0 Å². The van der Waals surface area contributed by atoms with Crippen LogP contribution in [0.1, 0.15) is 43.0 Å². The predicted octanol–water partition coefficient (Wildman–Crippen LogP) is 3.77. The van der Waals surface area contributed by atoms with Gasteiger partial charge in [0.05, 0.1) is 12.2 Å². The van der Waals surface area contributed by atoms with Crippen LogP contribution in [0.4, 0.5) is 5.69 Å². The zero-order chi connectivity index (χ0) is 12.7. The van der Waals surface area contributed by atoms with Crippen LogP contribution in [0.25, 0.3) is 0 Å². The highest BCUT2D eigenvalue weighted by atomic mass is 79.9. The van der Waals surface area contributed by atoms with Gasteiger partial charge in [-0.3, -0.25) is 0 Å². The largest absolute Gasteiger partial charge is 0.462 e. The van der Waals surface area contributed by atoms with Crippen molar-refractivity contribution in [2.45, 2.75) is 32.6 Å². The zero-order valence-corrected chi connectivity index (χ0v) is 11.6. The summed E-state index contributed by atoms with van der Waals surface area (Å²) in [7, 11) is 0. The molecule has 0 heterocycles. The molecule has 94 valence electrons. The molecule has 0 amide bonds. The number of anilines is 1. The van der Waals surface area contributed by atoms with Gasteiger partial charge in [-0.2, -0.15) is 0 Å². The second kappa shape index (κ2) is 7.33. The van der Waals surface area contributed by atoms with Gasteiger partial charge in [0.25, 0.3) is 0 Å². The Balaban J connectivity index is 2.39. The number of hydrogen-bond acceptors (Lipinski definition) is 3. The van der Waals surface area contributed by atoms with Gasteiger partial charge in [0.2, 0.25) is 0 Å². The maximum atomic E-state index is 11.7. The van der Waals surface area contributed by atoms with Crippen molar-refractivity contribution in [3.05, 3.63) is 28.2 Å². The molecule has 1 rings (SSSR count). The van der Waals surface area contributed by atoms with Crippen molar-refractivity contribution in [2.75, 3.05) is 12.3 Å². The van der Waals surface area contributed by atoms with Gasteiger partial charge in [0.15, 0.2) is 0 Å². The molecule has 1 aromatic carbocycles. The molecule has 0 fully saturated rings. The van der Waals surface area contributed by atoms with E-state index in [9.17, 15) is 4.79 Å². The summed E-state index contributed by atoms with van der Waals surface area (Å²) in [5.41, 5.74) is 6.79. The molecule has 4 heteroatoms. The lowest BCUT2D eigenvalue weighted by Crippen LogP contribution is -2.06. The minimum absolute atomic E-state index is 0.290. The Morgan fingerprint density at radius 1 is 1.35 bits per heavy atom. The highest BCUT2D eigenvalue weighted by Crippen LogP contribution is 2.20. The van der Waals surface area contributed by atoms with E-state index < -0.39 is 0 Å². The molecule has 0 aromatic heterocycles. The summed E-state index contributed by atoms with van der Waals surface area (Å²) in [6.45, 7) is 2.64. The van der Waals surface area contributed by atoms with Gasteiger partial charge in [-0.05, 0) is 40.5 Å². The molecule has 0 saturated carbocycles. The van der Waals surface area contributed by atoms with E-state index >= 15 is 0 Å². The van der Waals surface area contributed by atoms with Gasteiger partial charge in [-0.1, -0.05) is 26.2 Å². The first-order valence-corrected chi connectivity index (χ1v) is 6.66. The fourth-order valence-corrected chi connectivity index (χ4v) is 1.81. The quantitative estimate of drug-likeness (QED) is 0.494. The molecule has 0 atom stereocenters. The average molecular weight is 300 g/mol. The molecule has 0 unspecified atom stereocenters. The molecule has 1 aromatic rings. The van der Waals surface area contributed by atoms with Crippen molar-refractivity contribution in [1.29, 1.82) is 0 Å². The van der Waals surface area contributed by atoms with Crippen LogP contribution in [0.3, 0.4) is 0 Å². The Kier molecular flexibility index (Phi) is 6.05. The molecule has 3 nitrogen and oxygen atoms in total.